The molecule has 0 saturated heterocycles. The van der Waals surface area contributed by atoms with E-state index >= 15 is 0 Å². The van der Waals surface area contributed by atoms with E-state index in [2.05, 4.69) is 0 Å². The molecule has 0 spiro atoms. The first-order valence-electron chi connectivity index (χ1n) is 3.86. The van der Waals surface area contributed by atoms with Crippen LogP contribution in [-0.4, -0.2) is 16.6 Å². The number of hydrogen-bond donors (Lipinski definition) is 2. The number of rotatable bonds is 3. The second-order valence-electron chi connectivity index (χ2n) is 2.75. The Bertz CT molecular complexity index is 356. The van der Waals surface area contributed by atoms with Gasteiger partial charge in [0.1, 0.15) is 5.82 Å². The van der Waals surface area contributed by atoms with Gasteiger partial charge in [-0.3, -0.25) is 10.1 Å². The fraction of sp³-hybridized carbons (Fsp3) is 0.250. The van der Waals surface area contributed by atoms with Crippen LogP contribution in [0, 0.1) is 15.9 Å². The molecule has 5 nitrogen and oxygen atoms in total. The highest BCUT2D eigenvalue weighted by atomic mass is 19.1. The molecule has 0 fully saturated rings. The molecule has 0 heterocycles. The van der Waals surface area contributed by atoms with E-state index < -0.39 is 23.4 Å². The van der Waals surface area contributed by atoms with Gasteiger partial charge in [0, 0.05) is 11.6 Å². The van der Waals surface area contributed by atoms with Crippen molar-refractivity contribution < 1.29 is 14.4 Å². The Morgan fingerprint density at radius 3 is 2.71 bits per heavy atom. The summed E-state index contributed by atoms with van der Waals surface area (Å²) < 4.78 is 13.2. The standard InChI is InChI=1S/C8H9FN2O3/c9-7-3-5(11(13)14)1-2-6(7)8(10)4-12/h1-3,8,12H,4,10H2/t8-/m0/s1. The molecule has 1 atom stereocenters. The van der Waals surface area contributed by atoms with Crippen LogP contribution in [0.1, 0.15) is 11.6 Å². The molecule has 3 N–H and O–H groups in total. The van der Waals surface area contributed by atoms with Gasteiger partial charge in [-0.25, -0.2) is 4.39 Å². The molecule has 0 aliphatic carbocycles. The number of hydrogen-bond acceptors (Lipinski definition) is 4. The molecule has 6 heteroatoms. The molecule has 0 bridgehead atoms. The number of benzene rings is 1. The Labute approximate surface area is 79.1 Å². The van der Waals surface area contributed by atoms with Crippen LogP contribution in [0.4, 0.5) is 10.1 Å². The molecule has 1 aromatic rings. The number of nitro benzene ring substituents is 1. The Morgan fingerprint density at radius 1 is 1.64 bits per heavy atom. The van der Waals surface area contributed by atoms with E-state index in [9.17, 15) is 14.5 Å². The zero-order chi connectivity index (χ0) is 10.7. The Morgan fingerprint density at radius 2 is 2.29 bits per heavy atom. The van der Waals surface area contributed by atoms with E-state index in [1.807, 2.05) is 0 Å². The molecule has 1 rings (SSSR count). The van der Waals surface area contributed by atoms with E-state index in [1.165, 1.54) is 6.07 Å². The second kappa shape index (κ2) is 4.12. The fourth-order valence-electron chi connectivity index (χ4n) is 1.03. The summed E-state index contributed by atoms with van der Waals surface area (Å²) in [5, 5.41) is 18.9. The molecular formula is C8H9FN2O3. The maximum absolute atomic E-state index is 13.2. The minimum absolute atomic E-state index is 0.0677. The third-order valence-corrected chi connectivity index (χ3v) is 1.79. The summed E-state index contributed by atoms with van der Waals surface area (Å²) in [6, 6.07) is 2.28. The third-order valence-electron chi connectivity index (χ3n) is 1.79. The van der Waals surface area contributed by atoms with Crippen molar-refractivity contribution in [3.05, 3.63) is 39.7 Å². The van der Waals surface area contributed by atoms with E-state index in [-0.39, 0.29) is 11.3 Å². The lowest BCUT2D eigenvalue weighted by Gasteiger charge is -2.08. The van der Waals surface area contributed by atoms with Crippen LogP contribution in [0.3, 0.4) is 0 Å². The highest BCUT2D eigenvalue weighted by molar-refractivity contribution is 5.35. The summed E-state index contributed by atoms with van der Waals surface area (Å²) in [7, 11) is 0. The van der Waals surface area contributed by atoms with Crippen molar-refractivity contribution in [2.75, 3.05) is 6.61 Å². The number of aliphatic hydroxyl groups excluding tert-OH is 1. The van der Waals surface area contributed by atoms with Crippen LogP contribution in [0.5, 0.6) is 0 Å². The van der Waals surface area contributed by atoms with Crippen LogP contribution in [0.2, 0.25) is 0 Å². The average molecular weight is 200 g/mol. The van der Waals surface area contributed by atoms with E-state index in [0.717, 1.165) is 12.1 Å². The predicted molar refractivity (Wildman–Crippen MR) is 47.1 cm³/mol. The first-order valence-corrected chi connectivity index (χ1v) is 3.86. The molecule has 0 amide bonds. The minimum atomic E-state index is -0.851. The normalized spacial score (nSPS) is 12.5. The number of halogens is 1. The van der Waals surface area contributed by atoms with Crippen molar-refractivity contribution in [3.8, 4) is 0 Å². The van der Waals surface area contributed by atoms with Crippen LogP contribution in [-0.2, 0) is 0 Å². The highest BCUT2D eigenvalue weighted by Crippen LogP contribution is 2.20. The van der Waals surface area contributed by atoms with Gasteiger partial charge in [0.2, 0.25) is 0 Å². The molecular weight excluding hydrogens is 191 g/mol. The molecule has 0 aliphatic heterocycles. The Hall–Kier alpha value is -1.53. The zero-order valence-corrected chi connectivity index (χ0v) is 7.18. The summed E-state index contributed by atoms with van der Waals surface area (Å²) in [4.78, 5) is 9.57. The predicted octanol–water partition coefficient (Wildman–Crippen LogP) is 0.726. The number of aliphatic hydroxyl groups is 1. The maximum Gasteiger partial charge on any atom is 0.272 e. The maximum atomic E-state index is 13.2. The summed E-state index contributed by atoms with van der Waals surface area (Å²) >= 11 is 0. The Kier molecular flexibility index (Phi) is 3.10. The minimum Gasteiger partial charge on any atom is -0.394 e. The molecule has 0 aromatic heterocycles. The number of nitrogens with zero attached hydrogens (tertiary/aromatic N) is 1. The first-order chi connectivity index (χ1) is 6.56. The van der Waals surface area contributed by atoms with Gasteiger partial charge in [0.25, 0.3) is 5.69 Å². The molecule has 0 radical (unpaired) electrons. The van der Waals surface area contributed by atoms with Crippen LogP contribution in [0.15, 0.2) is 18.2 Å². The molecule has 0 saturated carbocycles. The van der Waals surface area contributed by atoms with Crippen molar-refractivity contribution >= 4 is 5.69 Å². The van der Waals surface area contributed by atoms with Crippen molar-refractivity contribution in [2.24, 2.45) is 5.73 Å². The summed E-state index contributed by atoms with van der Waals surface area (Å²) in [6.45, 7) is -0.408. The van der Waals surface area contributed by atoms with Gasteiger partial charge in [0.15, 0.2) is 0 Å². The smallest absolute Gasteiger partial charge is 0.272 e. The number of nitro groups is 1. The molecule has 1 aromatic carbocycles. The van der Waals surface area contributed by atoms with E-state index in [0.29, 0.717) is 0 Å². The summed E-state index contributed by atoms with van der Waals surface area (Å²) in [5.41, 5.74) is 5.09. The van der Waals surface area contributed by atoms with Gasteiger partial charge < -0.3 is 10.8 Å². The third kappa shape index (κ3) is 2.04. The quantitative estimate of drug-likeness (QED) is 0.555. The van der Waals surface area contributed by atoms with E-state index in [4.69, 9.17) is 10.8 Å². The van der Waals surface area contributed by atoms with Crippen LogP contribution in [0.25, 0.3) is 0 Å². The number of nitrogens with two attached hydrogens (primary N) is 1. The summed E-state index contributed by atoms with van der Waals surface area (Å²) in [5.74, 6) is -0.777. The topological polar surface area (TPSA) is 89.4 Å². The van der Waals surface area contributed by atoms with Crippen LogP contribution >= 0.6 is 0 Å². The van der Waals surface area contributed by atoms with Gasteiger partial charge >= 0.3 is 0 Å². The van der Waals surface area contributed by atoms with Crippen molar-refractivity contribution in [1.82, 2.24) is 0 Å². The highest BCUT2D eigenvalue weighted by Gasteiger charge is 2.14. The fourth-order valence-corrected chi connectivity index (χ4v) is 1.03. The van der Waals surface area contributed by atoms with Crippen molar-refractivity contribution in [1.29, 1.82) is 0 Å². The average Bonchev–Trinajstić information content (AvgIpc) is 2.16. The lowest BCUT2D eigenvalue weighted by Crippen LogP contribution is -2.16. The van der Waals surface area contributed by atoms with Gasteiger partial charge in [-0.1, -0.05) is 0 Å². The molecule has 0 aliphatic rings. The lowest BCUT2D eigenvalue weighted by atomic mass is 10.1. The monoisotopic (exact) mass is 200 g/mol. The van der Waals surface area contributed by atoms with Crippen molar-refractivity contribution in [3.63, 3.8) is 0 Å². The van der Waals surface area contributed by atoms with E-state index in [1.54, 1.807) is 0 Å². The van der Waals surface area contributed by atoms with Gasteiger partial charge in [0.05, 0.1) is 23.6 Å². The number of non-ortho nitro benzene ring substituents is 1. The largest absolute Gasteiger partial charge is 0.394 e. The Balaban J connectivity index is 3.07. The second-order valence-corrected chi connectivity index (χ2v) is 2.75. The van der Waals surface area contributed by atoms with Gasteiger partial charge in [-0.05, 0) is 6.07 Å². The van der Waals surface area contributed by atoms with Gasteiger partial charge in [-0.2, -0.15) is 0 Å². The molecule has 0 unspecified atom stereocenters. The molecule has 76 valence electrons. The van der Waals surface area contributed by atoms with Crippen molar-refractivity contribution in [2.45, 2.75) is 6.04 Å². The SMILES string of the molecule is N[C@@H](CO)c1ccc([N+](=O)[O-])cc1F. The first kappa shape index (κ1) is 10.6. The lowest BCUT2D eigenvalue weighted by molar-refractivity contribution is -0.385. The molecule has 14 heavy (non-hydrogen) atoms. The van der Waals surface area contributed by atoms with Gasteiger partial charge in [-0.15, -0.1) is 0 Å². The van der Waals surface area contributed by atoms with Crippen LogP contribution < -0.4 is 5.73 Å². The zero-order valence-electron chi connectivity index (χ0n) is 7.18. The summed E-state index contributed by atoms with van der Waals surface area (Å²) in [6.07, 6.45) is 0.